The molecule has 1 aromatic rings. The number of benzene rings is 1. The van der Waals surface area contributed by atoms with Gasteiger partial charge < -0.3 is 10.1 Å². The SMILES string of the molecule is CCNCCOc1ccc(CC)cc1.Cl. The van der Waals surface area contributed by atoms with Gasteiger partial charge in [-0.25, -0.2) is 0 Å². The molecule has 2 nitrogen and oxygen atoms in total. The summed E-state index contributed by atoms with van der Waals surface area (Å²) >= 11 is 0. The first kappa shape index (κ1) is 14.3. The monoisotopic (exact) mass is 229 g/mol. The Bertz CT molecular complexity index is 248. The molecule has 0 heterocycles. The zero-order valence-electron chi connectivity index (χ0n) is 9.45. The molecule has 0 amide bonds. The normalized spacial score (nSPS) is 9.47. The average molecular weight is 230 g/mol. The molecule has 3 heteroatoms. The second-order valence-corrected chi connectivity index (χ2v) is 3.20. The summed E-state index contributed by atoms with van der Waals surface area (Å²) in [5, 5.41) is 3.22. The van der Waals surface area contributed by atoms with Crippen LogP contribution in [0.25, 0.3) is 0 Å². The van der Waals surface area contributed by atoms with Crippen molar-refractivity contribution in [1.29, 1.82) is 0 Å². The first-order valence-electron chi connectivity index (χ1n) is 5.29. The van der Waals surface area contributed by atoms with Crippen molar-refractivity contribution in [1.82, 2.24) is 5.32 Å². The van der Waals surface area contributed by atoms with E-state index >= 15 is 0 Å². The zero-order valence-corrected chi connectivity index (χ0v) is 10.3. The summed E-state index contributed by atoms with van der Waals surface area (Å²) in [6, 6.07) is 8.29. The molecule has 0 saturated carbocycles. The molecule has 0 aromatic heterocycles. The molecule has 0 atom stereocenters. The Balaban J connectivity index is 0.00000196. The van der Waals surface area contributed by atoms with Crippen molar-refractivity contribution >= 4 is 12.4 Å². The van der Waals surface area contributed by atoms with Crippen molar-refractivity contribution in [3.63, 3.8) is 0 Å². The van der Waals surface area contributed by atoms with Crippen LogP contribution < -0.4 is 10.1 Å². The Kier molecular flexibility index (Phi) is 8.15. The fraction of sp³-hybridized carbons (Fsp3) is 0.500. The lowest BCUT2D eigenvalue weighted by molar-refractivity contribution is 0.315. The lowest BCUT2D eigenvalue weighted by Crippen LogP contribution is -2.20. The molecule has 15 heavy (non-hydrogen) atoms. The van der Waals surface area contributed by atoms with Crippen LogP contribution in [0.5, 0.6) is 5.75 Å². The van der Waals surface area contributed by atoms with Gasteiger partial charge in [0.2, 0.25) is 0 Å². The Morgan fingerprint density at radius 3 is 2.33 bits per heavy atom. The number of nitrogens with one attached hydrogen (secondary N) is 1. The van der Waals surface area contributed by atoms with Gasteiger partial charge in [-0.05, 0) is 30.7 Å². The van der Waals surface area contributed by atoms with Crippen LogP contribution in [-0.4, -0.2) is 19.7 Å². The molecule has 0 bridgehead atoms. The quantitative estimate of drug-likeness (QED) is 0.758. The number of ether oxygens (including phenoxy) is 1. The van der Waals surface area contributed by atoms with Crippen LogP contribution in [0, 0.1) is 0 Å². The molecule has 0 fully saturated rings. The third-order valence-electron chi connectivity index (χ3n) is 2.13. The minimum Gasteiger partial charge on any atom is -0.492 e. The number of hydrogen-bond donors (Lipinski definition) is 1. The Morgan fingerprint density at radius 2 is 1.80 bits per heavy atom. The van der Waals surface area contributed by atoms with Gasteiger partial charge in [0, 0.05) is 6.54 Å². The zero-order chi connectivity index (χ0) is 10.2. The maximum absolute atomic E-state index is 5.55. The van der Waals surface area contributed by atoms with Crippen LogP contribution in [0.3, 0.4) is 0 Å². The van der Waals surface area contributed by atoms with Crippen LogP contribution in [0.1, 0.15) is 19.4 Å². The van der Waals surface area contributed by atoms with Crippen LogP contribution in [0.15, 0.2) is 24.3 Å². The van der Waals surface area contributed by atoms with Crippen molar-refractivity contribution in [2.45, 2.75) is 20.3 Å². The van der Waals surface area contributed by atoms with E-state index in [1.54, 1.807) is 0 Å². The molecular weight excluding hydrogens is 210 g/mol. The molecule has 86 valence electrons. The van der Waals surface area contributed by atoms with Crippen molar-refractivity contribution in [3.05, 3.63) is 29.8 Å². The second kappa shape index (κ2) is 8.57. The summed E-state index contributed by atoms with van der Waals surface area (Å²) < 4.78 is 5.55. The van der Waals surface area contributed by atoms with E-state index in [9.17, 15) is 0 Å². The summed E-state index contributed by atoms with van der Waals surface area (Å²) in [6.07, 6.45) is 1.08. The van der Waals surface area contributed by atoms with E-state index in [-0.39, 0.29) is 12.4 Å². The van der Waals surface area contributed by atoms with E-state index < -0.39 is 0 Å². The van der Waals surface area contributed by atoms with Gasteiger partial charge in [-0.1, -0.05) is 26.0 Å². The maximum Gasteiger partial charge on any atom is 0.119 e. The van der Waals surface area contributed by atoms with Gasteiger partial charge in [0.25, 0.3) is 0 Å². The average Bonchev–Trinajstić information content (AvgIpc) is 2.25. The van der Waals surface area contributed by atoms with Gasteiger partial charge >= 0.3 is 0 Å². The number of aryl methyl sites for hydroxylation is 1. The lowest BCUT2D eigenvalue weighted by atomic mass is 10.2. The molecule has 0 aliphatic carbocycles. The first-order chi connectivity index (χ1) is 6.86. The number of halogens is 1. The molecule has 0 radical (unpaired) electrons. The second-order valence-electron chi connectivity index (χ2n) is 3.20. The molecule has 1 aromatic carbocycles. The molecule has 0 aliphatic heterocycles. The Hall–Kier alpha value is -0.730. The van der Waals surface area contributed by atoms with Crippen LogP contribution in [0.2, 0.25) is 0 Å². The van der Waals surface area contributed by atoms with E-state index in [1.165, 1.54) is 5.56 Å². The van der Waals surface area contributed by atoms with Crippen molar-refractivity contribution in [2.24, 2.45) is 0 Å². The Morgan fingerprint density at radius 1 is 1.13 bits per heavy atom. The minimum absolute atomic E-state index is 0. The van der Waals surface area contributed by atoms with Crippen LogP contribution in [-0.2, 0) is 6.42 Å². The van der Waals surface area contributed by atoms with Crippen molar-refractivity contribution in [2.75, 3.05) is 19.7 Å². The van der Waals surface area contributed by atoms with Crippen molar-refractivity contribution < 1.29 is 4.74 Å². The summed E-state index contributed by atoms with van der Waals surface area (Å²) in [6.45, 7) is 6.89. The van der Waals surface area contributed by atoms with Gasteiger partial charge in [0.05, 0.1) is 0 Å². The molecule has 1 rings (SSSR count). The summed E-state index contributed by atoms with van der Waals surface area (Å²) in [4.78, 5) is 0. The van der Waals surface area contributed by atoms with Gasteiger partial charge in [-0.15, -0.1) is 12.4 Å². The summed E-state index contributed by atoms with van der Waals surface area (Å²) in [5.41, 5.74) is 1.35. The topological polar surface area (TPSA) is 21.3 Å². The molecule has 0 aliphatic rings. The first-order valence-corrected chi connectivity index (χ1v) is 5.29. The highest BCUT2D eigenvalue weighted by Crippen LogP contribution is 2.11. The van der Waals surface area contributed by atoms with Gasteiger partial charge in [0.15, 0.2) is 0 Å². The van der Waals surface area contributed by atoms with E-state index in [0.29, 0.717) is 0 Å². The minimum atomic E-state index is 0. The molecule has 1 N–H and O–H groups in total. The van der Waals surface area contributed by atoms with E-state index in [0.717, 1.165) is 31.9 Å². The standard InChI is InChI=1S/C12H19NO.ClH/c1-3-11-5-7-12(8-6-11)14-10-9-13-4-2;/h5-8,13H,3-4,9-10H2,1-2H3;1H. The molecule has 0 unspecified atom stereocenters. The maximum atomic E-state index is 5.55. The fourth-order valence-corrected chi connectivity index (χ4v) is 1.24. The van der Waals surface area contributed by atoms with Gasteiger partial charge in [-0.3, -0.25) is 0 Å². The largest absolute Gasteiger partial charge is 0.492 e. The summed E-state index contributed by atoms with van der Waals surface area (Å²) in [5.74, 6) is 0.958. The van der Waals surface area contributed by atoms with Crippen LogP contribution >= 0.6 is 12.4 Å². The third kappa shape index (κ3) is 5.65. The predicted molar refractivity (Wildman–Crippen MR) is 67.1 cm³/mol. The summed E-state index contributed by atoms with van der Waals surface area (Å²) in [7, 11) is 0. The highest BCUT2D eigenvalue weighted by molar-refractivity contribution is 5.85. The van der Waals surface area contributed by atoms with Gasteiger partial charge in [0.1, 0.15) is 12.4 Å². The molecule has 0 spiro atoms. The highest BCUT2D eigenvalue weighted by Gasteiger charge is 1.93. The number of hydrogen-bond acceptors (Lipinski definition) is 2. The fourth-order valence-electron chi connectivity index (χ4n) is 1.24. The highest BCUT2D eigenvalue weighted by atomic mass is 35.5. The van der Waals surface area contributed by atoms with Gasteiger partial charge in [-0.2, -0.15) is 0 Å². The smallest absolute Gasteiger partial charge is 0.119 e. The predicted octanol–water partition coefficient (Wildman–Crippen LogP) is 2.66. The van der Waals surface area contributed by atoms with E-state index in [1.807, 2.05) is 12.1 Å². The third-order valence-corrected chi connectivity index (χ3v) is 2.13. The number of likely N-dealkylation sites (N-methyl/N-ethyl adjacent to an activating group) is 1. The molecule has 0 saturated heterocycles. The van der Waals surface area contributed by atoms with Crippen molar-refractivity contribution in [3.8, 4) is 5.75 Å². The van der Waals surface area contributed by atoms with E-state index in [4.69, 9.17) is 4.74 Å². The number of rotatable bonds is 6. The van der Waals surface area contributed by atoms with Crippen LogP contribution in [0.4, 0.5) is 0 Å². The molecular formula is C12H20ClNO. The Labute approximate surface area is 98.4 Å². The lowest BCUT2D eigenvalue weighted by Gasteiger charge is -2.06. The van der Waals surface area contributed by atoms with E-state index in [2.05, 4.69) is 31.3 Å².